The summed E-state index contributed by atoms with van der Waals surface area (Å²) in [6.07, 6.45) is 0.724. The molecule has 0 amide bonds. The van der Waals surface area contributed by atoms with E-state index in [9.17, 15) is 0 Å². The fourth-order valence-electron chi connectivity index (χ4n) is 1.87. The molecule has 0 bridgehead atoms. The Kier molecular flexibility index (Phi) is 3.44. The van der Waals surface area contributed by atoms with E-state index in [-0.39, 0.29) is 5.92 Å². The van der Waals surface area contributed by atoms with Crippen LogP contribution in [0.15, 0.2) is 42.5 Å². The van der Waals surface area contributed by atoms with E-state index in [1.807, 2.05) is 18.2 Å². The summed E-state index contributed by atoms with van der Waals surface area (Å²) in [4.78, 5) is 0. The maximum absolute atomic E-state index is 8.92. The van der Waals surface area contributed by atoms with Crippen LogP contribution in [-0.2, 0) is 6.42 Å². The van der Waals surface area contributed by atoms with Crippen LogP contribution in [0.2, 0.25) is 0 Å². The summed E-state index contributed by atoms with van der Waals surface area (Å²) in [7, 11) is 0. The highest BCUT2D eigenvalue weighted by atomic mass is 35.5. The summed E-state index contributed by atoms with van der Waals surface area (Å²) in [6.45, 7) is 0. The van der Waals surface area contributed by atoms with Crippen LogP contribution in [0.3, 0.4) is 0 Å². The van der Waals surface area contributed by atoms with Gasteiger partial charge in [0, 0.05) is 5.88 Å². The second-order valence-corrected chi connectivity index (χ2v) is 4.13. The molecular formula is C14H12ClN. The van der Waals surface area contributed by atoms with E-state index in [2.05, 4.69) is 30.3 Å². The first-order valence-corrected chi connectivity index (χ1v) is 5.81. The van der Waals surface area contributed by atoms with Crippen molar-refractivity contribution in [1.82, 2.24) is 0 Å². The summed E-state index contributed by atoms with van der Waals surface area (Å²) in [5.74, 6) is 0.284. The van der Waals surface area contributed by atoms with Gasteiger partial charge in [-0.2, -0.15) is 5.26 Å². The molecule has 0 fully saturated rings. The average molecular weight is 230 g/mol. The normalized spacial score (nSPS) is 12.2. The number of rotatable bonds is 3. The van der Waals surface area contributed by atoms with Crippen LogP contribution in [0.5, 0.6) is 0 Å². The van der Waals surface area contributed by atoms with Gasteiger partial charge in [0.1, 0.15) is 0 Å². The molecule has 0 aromatic heterocycles. The Morgan fingerprint density at radius 2 is 1.88 bits per heavy atom. The highest BCUT2D eigenvalue weighted by Gasteiger charge is 2.08. The highest BCUT2D eigenvalue weighted by Crippen LogP contribution is 2.21. The predicted molar refractivity (Wildman–Crippen MR) is 67.5 cm³/mol. The smallest absolute Gasteiger partial charge is 0.0671 e. The van der Waals surface area contributed by atoms with Crippen molar-refractivity contribution < 1.29 is 0 Å². The molecular weight excluding hydrogens is 218 g/mol. The van der Waals surface area contributed by atoms with Gasteiger partial charge < -0.3 is 0 Å². The van der Waals surface area contributed by atoms with Crippen molar-refractivity contribution in [3.8, 4) is 6.07 Å². The van der Waals surface area contributed by atoms with Crippen LogP contribution in [0.1, 0.15) is 5.56 Å². The molecule has 1 unspecified atom stereocenters. The molecule has 0 saturated heterocycles. The van der Waals surface area contributed by atoms with E-state index >= 15 is 0 Å². The van der Waals surface area contributed by atoms with Crippen molar-refractivity contribution >= 4 is 22.4 Å². The second kappa shape index (κ2) is 5.01. The standard InChI is InChI=1S/C14H12ClN/c15-9-11(10-16)8-13-6-3-5-12-4-1-2-7-14(12)13/h1-7,11H,8-9H2. The van der Waals surface area contributed by atoms with Crippen LogP contribution >= 0.6 is 11.6 Å². The number of alkyl halides is 1. The maximum Gasteiger partial charge on any atom is 0.0671 e. The molecule has 0 aliphatic heterocycles. The molecule has 0 aliphatic carbocycles. The van der Waals surface area contributed by atoms with Crippen molar-refractivity contribution in [2.75, 3.05) is 5.88 Å². The van der Waals surface area contributed by atoms with E-state index < -0.39 is 0 Å². The van der Waals surface area contributed by atoms with Crippen LogP contribution < -0.4 is 0 Å². The number of nitrogens with zero attached hydrogens (tertiary/aromatic N) is 1. The van der Waals surface area contributed by atoms with Gasteiger partial charge in [-0.3, -0.25) is 0 Å². The highest BCUT2D eigenvalue weighted by molar-refractivity contribution is 6.18. The Balaban J connectivity index is 2.41. The zero-order chi connectivity index (χ0) is 11.4. The first kappa shape index (κ1) is 11.0. The second-order valence-electron chi connectivity index (χ2n) is 3.82. The van der Waals surface area contributed by atoms with Gasteiger partial charge in [0.2, 0.25) is 0 Å². The van der Waals surface area contributed by atoms with E-state index in [1.165, 1.54) is 16.3 Å². The topological polar surface area (TPSA) is 23.8 Å². The van der Waals surface area contributed by atoms with Crippen molar-refractivity contribution in [3.05, 3.63) is 48.0 Å². The fraction of sp³-hybridized carbons (Fsp3) is 0.214. The summed E-state index contributed by atoms with van der Waals surface area (Å²) in [5.41, 5.74) is 1.20. The van der Waals surface area contributed by atoms with Crippen molar-refractivity contribution in [3.63, 3.8) is 0 Å². The van der Waals surface area contributed by atoms with Gasteiger partial charge in [-0.25, -0.2) is 0 Å². The number of hydrogen-bond donors (Lipinski definition) is 0. The van der Waals surface area contributed by atoms with Gasteiger partial charge in [-0.1, -0.05) is 42.5 Å². The number of halogens is 1. The van der Waals surface area contributed by atoms with E-state index in [0.29, 0.717) is 5.88 Å². The quantitative estimate of drug-likeness (QED) is 0.736. The minimum atomic E-state index is -0.104. The summed E-state index contributed by atoms with van der Waals surface area (Å²) in [5, 5.41) is 11.4. The zero-order valence-corrected chi connectivity index (χ0v) is 9.61. The molecule has 0 spiro atoms. The Labute approximate surface area is 100 Å². The van der Waals surface area contributed by atoms with Crippen molar-refractivity contribution in [2.45, 2.75) is 6.42 Å². The lowest BCUT2D eigenvalue weighted by molar-refractivity contribution is 0.750. The third-order valence-electron chi connectivity index (χ3n) is 2.72. The van der Waals surface area contributed by atoms with Gasteiger partial charge in [-0.15, -0.1) is 11.6 Å². The summed E-state index contributed by atoms with van der Waals surface area (Å²) < 4.78 is 0. The molecule has 1 nitrogen and oxygen atoms in total. The molecule has 0 aliphatic rings. The van der Waals surface area contributed by atoms with Crippen molar-refractivity contribution in [1.29, 1.82) is 5.26 Å². The molecule has 0 saturated carbocycles. The van der Waals surface area contributed by atoms with Crippen LogP contribution in [0, 0.1) is 17.2 Å². The van der Waals surface area contributed by atoms with Crippen molar-refractivity contribution in [2.24, 2.45) is 5.92 Å². The number of benzene rings is 2. The zero-order valence-electron chi connectivity index (χ0n) is 8.86. The molecule has 80 valence electrons. The van der Waals surface area contributed by atoms with Gasteiger partial charge >= 0.3 is 0 Å². The fourth-order valence-corrected chi connectivity index (χ4v) is 2.05. The lowest BCUT2D eigenvalue weighted by Crippen LogP contribution is -2.03. The third kappa shape index (κ3) is 2.18. The van der Waals surface area contributed by atoms with Gasteiger partial charge in [-0.05, 0) is 22.8 Å². The summed E-state index contributed by atoms with van der Waals surface area (Å²) in [6, 6.07) is 16.6. The Bertz CT molecular complexity index is 522. The van der Waals surface area contributed by atoms with E-state index in [0.717, 1.165) is 6.42 Å². The molecule has 0 radical (unpaired) electrons. The summed E-state index contributed by atoms with van der Waals surface area (Å²) >= 11 is 5.75. The SMILES string of the molecule is N#CC(CCl)Cc1cccc2ccccc12. The Morgan fingerprint density at radius 1 is 1.12 bits per heavy atom. The molecule has 16 heavy (non-hydrogen) atoms. The lowest BCUT2D eigenvalue weighted by Gasteiger charge is -2.08. The number of hydrogen-bond acceptors (Lipinski definition) is 1. The molecule has 2 aromatic carbocycles. The average Bonchev–Trinajstić information content (AvgIpc) is 2.36. The largest absolute Gasteiger partial charge is 0.198 e. The van der Waals surface area contributed by atoms with E-state index in [1.54, 1.807) is 0 Å². The monoisotopic (exact) mass is 229 g/mol. The number of nitriles is 1. The molecule has 2 rings (SSSR count). The molecule has 2 aromatic rings. The minimum absolute atomic E-state index is 0.104. The lowest BCUT2D eigenvalue weighted by atomic mass is 9.97. The Hall–Kier alpha value is -1.52. The van der Waals surface area contributed by atoms with Gasteiger partial charge in [0.15, 0.2) is 0 Å². The predicted octanol–water partition coefficient (Wildman–Crippen LogP) is 3.76. The third-order valence-corrected chi connectivity index (χ3v) is 3.09. The molecule has 2 heteroatoms. The molecule has 1 atom stereocenters. The van der Waals surface area contributed by atoms with Gasteiger partial charge in [0.05, 0.1) is 12.0 Å². The first-order chi connectivity index (χ1) is 7.85. The molecule has 0 heterocycles. The first-order valence-electron chi connectivity index (χ1n) is 5.27. The number of fused-ring (bicyclic) bond motifs is 1. The minimum Gasteiger partial charge on any atom is -0.198 e. The van der Waals surface area contributed by atoms with E-state index in [4.69, 9.17) is 16.9 Å². The maximum atomic E-state index is 8.92. The van der Waals surface area contributed by atoms with Gasteiger partial charge in [0.25, 0.3) is 0 Å². The van der Waals surface area contributed by atoms with Crippen LogP contribution in [-0.4, -0.2) is 5.88 Å². The van der Waals surface area contributed by atoms with Crippen LogP contribution in [0.4, 0.5) is 0 Å². The Morgan fingerprint density at radius 3 is 2.62 bits per heavy atom. The molecule has 0 N–H and O–H groups in total. The van der Waals surface area contributed by atoms with Crippen LogP contribution in [0.25, 0.3) is 10.8 Å².